The van der Waals surface area contributed by atoms with Gasteiger partial charge in [0.15, 0.2) is 6.10 Å². The fourth-order valence-electron chi connectivity index (χ4n) is 4.86. The Kier molecular flexibility index (Phi) is 37.6. The van der Waals surface area contributed by atoms with Crippen molar-refractivity contribution in [1.29, 1.82) is 0 Å². The van der Waals surface area contributed by atoms with Crippen LogP contribution in [0.2, 0.25) is 0 Å². The summed E-state index contributed by atoms with van der Waals surface area (Å²) in [5, 5.41) is 10.2. The molecule has 0 rings (SSSR count). The molecule has 0 aliphatic rings. The Hall–Kier alpha value is -3.89. The number of carbonyl (C=O) groups excluding carboxylic acids is 2. The average molecular weight is 869 g/mol. The molecule has 0 aromatic carbocycles. The molecule has 0 bridgehead atoms. The fourth-order valence-corrected chi connectivity index (χ4v) is 5.60. The van der Waals surface area contributed by atoms with Gasteiger partial charge in [0.25, 0.3) is 0 Å². The van der Waals surface area contributed by atoms with Crippen molar-refractivity contribution in [3.63, 3.8) is 0 Å². The Morgan fingerprint density at radius 2 is 1.08 bits per heavy atom. The fraction of sp³-hybridized carbons (Fsp3) is 0.520. The molecule has 2 unspecified atom stereocenters. The lowest BCUT2D eigenvalue weighted by atomic mass is 10.2. The number of quaternary nitrogens is 1. The predicted molar refractivity (Wildman–Crippen MR) is 253 cm³/mol. The van der Waals surface area contributed by atoms with Gasteiger partial charge < -0.3 is 24.0 Å². The first-order valence-corrected chi connectivity index (χ1v) is 23.5. The molecule has 0 aromatic rings. The van der Waals surface area contributed by atoms with Gasteiger partial charge in [-0.2, -0.15) is 0 Å². The van der Waals surface area contributed by atoms with Crippen molar-refractivity contribution in [3.8, 4) is 0 Å². The molecule has 10 nitrogen and oxygen atoms in total. The van der Waals surface area contributed by atoms with E-state index >= 15 is 0 Å². The first kappa shape index (κ1) is 57.1. The molecule has 0 spiro atoms. The van der Waals surface area contributed by atoms with Crippen molar-refractivity contribution in [1.82, 2.24) is 0 Å². The van der Waals surface area contributed by atoms with E-state index in [0.29, 0.717) is 36.7 Å². The van der Waals surface area contributed by atoms with Gasteiger partial charge in [0.05, 0.1) is 33.9 Å². The van der Waals surface area contributed by atoms with Gasteiger partial charge in [0.1, 0.15) is 19.8 Å². The third-order valence-electron chi connectivity index (χ3n) is 8.27. The van der Waals surface area contributed by atoms with E-state index in [9.17, 15) is 24.2 Å². The van der Waals surface area contributed by atoms with Crippen LogP contribution in [0.15, 0.2) is 134 Å². The number of allylic oxidation sites excluding steroid dienone is 20. The van der Waals surface area contributed by atoms with Crippen LogP contribution in [0.4, 0.5) is 0 Å². The van der Waals surface area contributed by atoms with Crippen molar-refractivity contribution in [2.24, 2.45) is 0 Å². The molecule has 0 heterocycles. The molecule has 0 amide bonds. The van der Waals surface area contributed by atoms with Gasteiger partial charge in [0.2, 0.25) is 0 Å². The summed E-state index contributed by atoms with van der Waals surface area (Å²) in [5.74, 6) is -1.07. The second kappa shape index (κ2) is 40.2. The number of hydrogen-bond acceptors (Lipinski definition) is 8. The van der Waals surface area contributed by atoms with E-state index in [1.54, 1.807) is 18.2 Å². The van der Waals surface area contributed by atoms with E-state index in [4.69, 9.17) is 18.5 Å². The largest absolute Gasteiger partial charge is 0.472 e. The van der Waals surface area contributed by atoms with Crippen LogP contribution >= 0.6 is 7.82 Å². The molecule has 0 saturated heterocycles. The van der Waals surface area contributed by atoms with Crippen LogP contribution in [-0.4, -0.2) is 86.1 Å². The van der Waals surface area contributed by atoms with E-state index in [1.165, 1.54) is 0 Å². The van der Waals surface area contributed by atoms with Crippen molar-refractivity contribution < 1.29 is 47.2 Å². The van der Waals surface area contributed by atoms with Gasteiger partial charge in [-0.3, -0.25) is 18.6 Å². The number of aliphatic hydroxyl groups is 1. The second-order valence-electron chi connectivity index (χ2n) is 15.2. The van der Waals surface area contributed by atoms with Gasteiger partial charge in [0, 0.05) is 12.8 Å². The zero-order chi connectivity index (χ0) is 45.1. The highest BCUT2D eigenvalue weighted by Crippen LogP contribution is 2.43. The lowest BCUT2D eigenvalue weighted by Gasteiger charge is -2.24. The highest BCUT2D eigenvalue weighted by molar-refractivity contribution is 7.47. The molecule has 11 heteroatoms. The third-order valence-corrected chi connectivity index (χ3v) is 9.25. The monoisotopic (exact) mass is 869 g/mol. The van der Waals surface area contributed by atoms with Crippen molar-refractivity contribution in [2.45, 2.75) is 122 Å². The summed E-state index contributed by atoms with van der Waals surface area (Å²) in [5.41, 5.74) is 0. The molecule has 0 aromatic heterocycles. The molecule has 61 heavy (non-hydrogen) atoms. The number of carbonyl (C=O) groups is 2. The van der Waals surface area contributed by atoms with Crippen LogP contribution in [-0.2, 0) is 32.7 Å². The van der Waals surface area contributed by atoms with Crippen LogP contribution in [0.1, 0.15) is 110 Å². The highest BCUT2D eigenvalue weighted by Gasteiger charge is 2.27. The summed E-state index contributed by atoms with van der Waals surface area (Å²) in [6, 6.07) is 0. The standard InChI is InChI=1S/C50H78NO9P/c1-6-8-10-12-14-16-18-20-21-22-23-25-27-29-31-33-37-41-49(53)57-45-48(46-59-61(55,56)58-44-43-51(3,4)5)60-50(54)42-38-34-36-40-47(52)39-35-32-30-28-26-24-19-17-15-13-11-9-7-2/h8-11,14-17,20-21,23-26,29-32,34-36,39,47-48,52H,6-7,12-13,18-19,22,27-28,33,37-38,40-46H2,1-5H3/p+1/b10-8-,11-9-,16-14-,17-15-,21-20-,25-23-,26-24-,31-29-,32-30-,36-34-,39-35-/t47?,48-/m1/s1. The zero-order valence-electron chi connectivity index (χ0n) is 37.9. The van der Waals surface area contributed by atoms with Crippen molar-refractivity contribution >= 4 is 19.8 Å². The van der Waals surface area contributed by atoms with Gasteiger partial charge in [-0.15, -0.1) is 0 Å². The van der Waals surface area contributed by atoms with Gasteiger partial charge in [-0.25, -0.2) is 4.57 Å². The van der Waals surface area contributed by atoms with Crippen LogP contribution in [0, 0.1) is 0 Å². The van der Waals surface area contributed by atoms with Crippen LogP contribution in [0.25, 0.3) is 0 Å². The number of hydrogen-bond donors (Lipinski definition) is 2. The highest BCUT2D eigenvalue weighted by atomic mass is 31.2. The summed E-state index contributed by atoms with van der Waals surface area (Å²) >= 11 is 0. The topological polar surface area (TPSA) is 129 Å². The quantitative estimate of drug-likeness (QED) is 0.0157. The summed E-state index contributed by atoms with van der Waals surface area (Å²) in [6.45, 7) is 3.87. The molecular formula is C50H79NO9P+. The number of phosphoric acid groups is 1. The molecule has 0 fully saturated rings. The summed E-state index contributed by atoms with van der Waals surface area (Å²) in [6.07, 6.45) is 54.0. The van der Waals surface area contributed by atoms with E-state index < -0.39 is 38.6 Å². The molecule has 0 radical (unpaired) electrons. The number of esters is 2. The molecular weight excluding hydrogens is 790 g/mol. The molecule has 0 aliphatic heterocycles. The second-order valence-corrected chi connectivity index (χ2v) is 16.6. The number of rotatable bonds is 37. The lowest BCUT2D eigenvalue weighted by molar-refractivity contribution is -0.870. The maximum atomic E-state index is 12.7. The maximum absolute atomic E-state index is 12.7. The van der Waals surface area contributed by atoms with Crippen LogP contribution in [0.5, 0.6) is 0 Å². The minimum absolute atomic E-state index is 0.0128. The Bertz CT molecular complexity index is 1510. The number of nitrogens with zero attached hydrogens (tertiary/aromatic N) is 1. The molecule has 3 atom stereocenters. The smallest absolute Gasteiger partial charge is 0.462 e. The molecule has 0 aliphatic carbocycles. The summed E-state index contributed by atoms with van der Waals surface area (Å²) < 4.78 is 34.1. The van der Waals surface area contributed by atoms with Gasteiger partial charge >= 0.3 is 19.8 Å². The van der Waals surface area contributed by atoms with Crippen molar-refractivity contribution in [3.05, 3.63) is 134 Å². The van der Waals surface area contributed by atoms with E-state index in [0.717, 1.165) is 57.8 Å². The van der Waals surface area contributed by atoms with Crippen LogP contribution < -0.4 is 0 Å². The van der Waals surface area contributed by atoms with Gasteiger partial charge in [-0.1, -0.05) is 148 Å². The Balaban J connectivity index is 4.71. The Morgan fingerprint density at radius 1 is 0.590 bits per heavy atom. The average Bonchev–Trinajstić information content (AvgIpc) is 3.21. The molecule has 2 N–H and O–H groups in total. The predicted octanol–water partition coefficient (Wildman–Crippen LogP) is 11.7. The molecule has 0 saturated carbocycles. The molecule has 342 valence electrons. The first-order valence-electron chi connectivity index (χ1n) is 22.0. The van der Waals surface area contributed by atoms with Gasteiger partial charge in [-0.05, 0) is 83.5 Å². The zero-order valence-corrected chi connectivity index (χ0v) is 38.8. The minimum Gasteiger partial charge on any atom is -0.462 e. The van der Waals surface area contributed by atoms with E-state index in [-0.39, 0.29) is 26.1 Å². The summed E-state index contributed by atoms with van der Waals surface area (Å²) in [7, 11) is 1.31. The van der Waals surface area contributed by atoms with Crippen LogP contribution in [0.3, 0.4) is 0 Å². The number of aliphatic hydroxyl groups excluding tert-OH is 1. The third kappa shape index (κ3) is 44.0. The number of unbranched alkanes of at least 4 members (excludes halogenated alkanes) is 1. The number of phosphoric ester groups is 1. The SMILES string of the molecule is CC/C=C\C/C=C\C/C=C\C/C=C\C=C/C(O)C/C=C\CCC(=O)O[C@H](COC(=O)CCC/C=C\C/C=C\C/C=C\C/C=C\C/C=C\CC)COP(=O)(O)OCC[N+](C)(C)C. The Labute approximate surface area is 369 Å². The number of likely N-dealkylation sites (N-methyl/N-ethyl adjacent to an activating group) is 1. The van der Waals surface area contributed by atoms with Crippen molar-refractivity contribution in [2.75, 3.05) is 47.5 Å². The Morgan fingerprint density at radius 3 is 1.61 bits per heavy atom. The number of ether oxygens (including phenoxy) is 2. The first-order chi connectivity index (χ1) is 29.4. The van der Waals surface area contributed by atoms with E-state index in [2.05, 4.69) is 105 Å². The lowest BCUT2D eigenvalue weighted by Crippen LogP contribution is -2.37. The van der Waals surface area contributed by atoms with E-state index in [1.807, 2.05) is 45.4 Å². The minimum atomic E-state index is -4.45. The summed E-state index contributed by atoms with van der Waals surface area (Å²) in [4.78, 5) is 35.4. The maximum Gasteiger partial charge on any atom is 0.472 e. The normalized spacial score (nSPS) is 15.3.